The van der Waals surface area contributed by atoms with E-state index in [1.54, 1.807) is 26.4 Å². The molecule has 1 heterocycles. The number of carbonyl (C=O) groups is 1. The molecule has 0 unspecified atom stereocenters. The van der Waals surface area contributed by atoms with Crippen LogP contribution in [0.15, 0.2) is 78.0 Å². The van der Waals surface area contributed by atoms with Crippen LogP contribution in [-0.2, 0) is 0 Å². The summed E-state index contributed by atoms with van der Waals surface area (Å²) in [6.07, 6.45) is 0. The molecule has 4 aromatic rings. The Bertz CT molecular complexity index is 1240. The number of hydrogen-bond acceptors (Lipinski definition) is 7. The van der Waals surface area contributed by atoms with Gasteiger partial charge in [-0.15, -0.1) is 10.2 Å². The van der Waals surface area contributed by atoms with Gasteiger partial charge in [-0.2, -0.15) is 0 Å². The highest BCUT2D eigenvalue weighted by molar-refractivity contribution is 7.99. The number of ether oxygens (including phenoxy) is 3. The predicted octanol–water partition coefficient (Wildman–Crippen LogP) is 5.33. The van der Waals surface area contributed by atoms with Crippen molar-refractivity contribution in [2.45, 2.75) is 12.1 Å². The van der Waals surface area contributed by atoms with Gasteiger partial charge in [0.1, 0.15) is 17.2 Å². The Balaban J connectivity index is 1.62. The average molecular weight is 476 g/mol. The fraction of sp³-hybridized carbons (Fsp3) is 0.192. The Morgan fingerprint density at radius 2 is 1.41 bits per heavy atom. The number of thioether (sulfide) groups is 1. The number of carbonyl (C=O) groups excluding carboxylic acids is 1. The summed E-state index contributed by atoms with van der Waals surface area (Å²) in [5, 5.41) is 9.46. The van der Waals surface area contributed by atoms with E-state index in [2.05, 4.69) is 10.2 Å². The van der Waals surface area contributed by atoms with Crippen molar-refractivity contribution in [3.8, 4) is 34.3 Å². The molecule has 0 atom stereocenters. The molecule has 3 aromatic carbocycles. The van der Waals surface area contributed by atoms with Crippen LogP contribution in [0.5, 0.6) is 17.2 Å². The van der Waals surface area contributed by atoms with Gasteiger partial charge >= 0.3 is 0 Å². The quantitative estimate of drug-likeness (QED) is 0.227. The molecular weight excluding hydrogens is 450 g/mol. The van der Waals surface area contributed by atoms with Gasteiger partial charge in [0.25, 0.3) is 0 Å². The summed E-state index contributed by atoms with van der Waals surface area (Å²) in [7, 11) is 3.26. The minimum atomic E-state index is 0.00308. The van der Waals surface area contributed by atoms with Crippen LogP contribution in [0.3, 0.4) is 0 Å². The highest BCUT2D eigenvalue weighted by atomic mass is 32.2. The zero-order chi connectivity index (χ0) is 23.9. The van der Waals surface area contributed by atoms with Crippen LogP contribution in [0.2, 0.25) is 0 Å². The van der Waals surface area contributed by atoms with Crippen LogP contribution < -0.4 is 14.2 Å². The number of hydrogen-bond donors (Lipinski definition) is 0. The molecule has 7 nitrogen and oxygen atoms in total. The zero-order valence-electron chi connectivity index (χ0n) is 19.2. The molecule has 0 aliphatic carbocycles. The molecule has 0 aliphatic rings. The van der Waals surface area contributed by atoms with Crippen molar-refractivity contribution in [3.05, 3.63) is 78.4 Å². The summed E-state index contributed by atoms with van der Waals surface area (Å²) in [5.41, 5.74) is 2.38. The van der Waals surface area contributed by atoms with Crippen molar-refractivity contribution in [2.24, 2.45) is 0 Å². The zero-order valence-corrected chi connectivity index (χ0v) is 20.0. The van der Waals surface area contributed by atoms with E-state index >= 15 is 0 Å². The van der Waals surface area contributed by atoms with Crippen molar-refractivity contribution in [3.63, 3.8) is 0 Å². The number of aromatic nitrogens is 3. The lowest BCUT2D eigenvalue weighted by molar-refractivity contribution is 0.102. The summed E-state index contributed by atoms with van der Waals surface area (Å²) in [4.78, 5) is 12.8. The molecule has 1 aromatic heterocycles. The van der Waals surface area contributed by atoms with E-state index in [1.165, 1.54) is 11.8 Å². The first-order chi connectivity index (χ1) is 16.6. The second kappa shape index (κ2) is 10.9. The summed E-state index contributed by atoms with van der Waals surface area (Å²) in [6, 6.07) is 22.4. The Hall–Kier alpha value is -3.78. The Labute approximate surface area is 202 Å². The molecule has 0 amide bonds. The Morgan fingerprint density at radius 3 is 2.00 bits per heavy atom. The highest BCUT2D eigenvalue weighted by Crippen LogP contribution is 2.30. The third kappa shape index (κ3) is 5.23. The largest absolute Gasteiger partial charge is 0.497 e. The molecule has 0 saturated carbocycles. The van der Waals surface area contributed by atoms with E-state index in [4.69, 9.17) is 14.2 Å². The monoisotopic (exact) mass is 475 g/mol. The molecular formula is C26H25N3O4S. The smallest absolute Gasteiger partial charge is 0.196 e. The topological polar surface area (TPSA) is 75.5 Å². The van der Waals surface area contributed by atoms with Crippen LogP contribution in [-0.4, -0.2) is 47.1 Å². The number of ketones is 1. The van der Waals surface area contributed by atoms with Crippen molar-refractivity contribution in [2.75, 3.05) is 26.6 Å². The van der Waals surface area contributed by atoms with Crippen molar-refractivity contribution < 1.29 is 19.0 Å². The number of methoxy groups -OCH3 is 2. The summed E-state index contributed by atoms with van der Waals surface area (Å²) in [5.74, 6) is 3.16. The standard InChI is InChI=1S/C26H25N3O4S/c1-4-33-23-13-5-18(6-14-23)24(30)17-34-26-28-27-25(19-7-11-21(31-2)12-8-19)29(26)20-9-15-22(32-3)16-10-20/h5-16H,4,17H2,1-3H3. The average Bonchev–Trinajstić information content (AvgIpc) is 3.32. The minimum Gasteiger partial charge on any atom is -0.497 e. The maximum absolute atomic E-state index is 12.8. The van der Waals surface area contributed by atoms with Crippen LogP contribution in [0, 0.1) is 0 Å². The molecule has 0 saturated heterocycles. The molecule has 0 bridgehead atoms. The van der Waals surface area contributed by atoms with Crippen LogP contribution in [0.25, 0.3) is 17.1 Å². The fourth-order valence-electron chi connectivity index (χ4n) is 3.37. The van der Waals surface area contributed by atoms with E-state index in [9.17, 15) is 4.79 Å². The first kappa shape index (κ1) is 23.4. The normalized spacial score (nSPS) is 10.7. The molecule has 8 heteroatoms. The van der Waals surface area contributed by atoms with Crippen molar-refractivity contribution in [1.29, 1.82) is 0 Å². The first-order valence-corrected chi connectivity index (χ1v) is 11.7. The van der Waals surface area contributed by atoms with Gasteiger partial charge in [0.2, 0.25) is 0 Å². The van der Waals surface area contributed by atoms with E-state index in [0.717, 1.165) is 28.5 Å². The van der Waals surface area contributed by atoms with Crippen LogP contribution in [0.1, 0.15) is 17.3 Å². The first-order valence-electron chi connectivity index (χ1n) is 10.8. The van der Waals surface area contributed by atoms with Gasteiger partial charge in [-0.05, 0) is 79.7 Å². The third-order valence-electron chi connectivity index (χ3n) is 5.13. The Kier molecular flexibility index (Phi) is 7.49. The number of rotatable bonds is 10. The lowest BCUT2D eigenvalue weighted by Gasteiger charge is -2.11. The summed E-state index contributed by atoms with van der Waals surface area (Å²) < 4.78 is 18.0. The van der Waals surface area contributed by atoms with Crippen LogP contribution >= 0.6 is 11.8 Å². The van der Waals surface area contributed by atoms with Gasteiger partial charge in [0.15, 0.2) is 16.8 Å². The molecule has 4 rings (SSSR count). The van der Waals surface area contributed by atoms with Gasteiger partial charge in [0, 0.05) is 16.8 Å². The van der Waals surface area contributed by atoms with E-state index in [-0.39, 0.29) is 11.5 Å². The molecule has 174 valence electrons. The van der Waals surface area contributed by atoms with Crippen LogP contribution in [0.4, 0.5) is 0 Å². The molecule has 34 heavy (non-hydrogen) atoms. The minimum absolute atomic E-state index is 0.00308. The van der Waals surface area contributed by atoms with Gasteiger partial charge in [0.05, 0.1) is 26.6 Å². The highest BCUT2D eigenvalue weighted by Gasteiger charge is 2.18. The second-order valence-electron chi connectivity index (χ2n) is 7.24. The van der Waals surface area contributed by atoms with Crippen molar-refractivity contribution in [1.82, 2.24) is 14.8 Å². The maximum atomic E-state index is 12.8. The number of Topliss-reactive ketones (excluding diaryl/α,β-unsaturated/α-hetero) is 1. The number of benzene rings is 3. The SMILES string of the molecule is CCOc1ccc(C(=O)CSc2nnc(-c3ccc(OC)cc3)n2-c2ccc(OC)cc2)cc1. The maximum Gasteiger partial charge on any atom is 0.196 e. The third-order valence-corrected chi connectivity index (χ3v) is 6.06. The predicted molar refractivity (Wildman–Crippen MR) is 133 cm³/mol. The second-order valence-corrected chi connectivity index (χ2v) is 8.18. The summed E-state index contributed by atoms with van der Waals surface area (Å²) in [6.45, 7) is 2.51. The van der Waals surface area contributed by atoms with Gasteiger partial charge in [-0.1, -0.05) is 11.8 Å². The fourth-order valence-corrected chi connectivity index (χ4v) is 4.22. The van der Waals surface area contributed by atoms with E-state index in [0.29, 0.717) is 23.2 Å². The molecule has 0 aliphatic heterocycles. The molecule has 0 spiro atoms. The number of nitrogens with zero attached hydrogens (tertiary/aromatic N) is 3. The molecule has 0 fully saturated rings. The Morgan fingerprint density at radius 1 is 0.824 bits per heavy atom. The van der Waals surface area contributed by atoms with Crippen molar-refractivity contribution >= 4 is 17.5 Å². The molecule has 0 radical (unpaired) electrons. The van der Waals surface area contributed by atoms with E-state index < -0.39 is 0 Å². The summed E-state index contributed by atoms with van der Waals surface area (Å²) >= 11 is 1.35. The van der Waals surface area contributed by atoms with E-state index in [1.807, 2.05) is 72.2 Å². The molecule has 0 N–H and O–H groups in total. The lowest BCUT2D eigenvalue weighted by atomic mass is 10.1. The van der Waals surface area contributed by atoms with Gasteiger partial charge < -0.3 is 14.2 Å². The lowest BCUT2D eigenvalue weighted by Crippen LogP contribution is -2.05. The van der Waals surface area contributed by atoms with Gasteiger partial charge in [-0.25, -0.2) is 0 Å². The van der Waals surface area contributed by atoms with Gasteiger partial charge in [-0.3, -0.25) is 9.36 Å².